The molecule has 0 spiro atoms. The molecule has 0 bridgehead atoms. The number of ether oxygens (including phenoxy) is 2. The Kier molecular flexibility index (Phi) is 4.16. The Bertz CT molecular complexity index is 519. The largest absolute Gasteiger partial charge is 0.480 e. The highest BCUT2D eigenvalue weighted by Gasteiger charge is 2.06. The zero-order chi connectivity index (χ0) is 12.3. The van der Waals surface area contributed by atoms with Crippen molar-refractivity contribution >= 4 is 38.5 Å². The molecule has 0 unspecified atom stereocenters. The molecule has 0 aliphatic heterocycles. The Morgan fingerprint density at radius 2 is 1.94 bits per heavy atom. The number of benzene rings is 1. The molecule has 0 atom stereocenters. The van der Waals surface area contributed by atoms with Gasteiger partial charge in [0.05, 0.1) is 17.8 Å². The minimum absolute atomic E-state index is 0.256. The summed E-state index contributed by atoms with van der Waals surface area (Å²) in [6.45, 7) is 0. The van der Waals surface area contributed by atoms with Gasteiger partial charge in [-0.25, -0.2) is 4.98 Å². The second kappa shape index (κ2) is 5.63. The zero-order valence-corrected chi connectivity index (χ0v) is 12.6. The van der Waals surface area contributed by atoms with Crippen LogP contribution in [0.2, 0.25) is 0 Å². The van der Waals surface area contributed by atoms with E-state index in [-0.39, 0.29) is 6.01 Å². The SMILES string of the molecule is COc1nc(Oc2ccc(I)cc2)ncc1Br. The normalized spacial score (nSPS) is 10.1. The van der Waals surface area contributed by atoms with E-state index in [2.05, 4.69) is 48.5 Å². The molecular formula is C11H8BrIN2O2. The third kappa shape index (κ3) is 3.29. The van der Waals surface area contributed by atoms with Crippen LogP contribution in [0.5, 0.6) is 17.6 Å². The summed E-state index contributed by atoms with van der Waals surface area (Å²) < 4.78 is 12.4. The van der Waals surface area contributed by atoms with Gasteiger partial charge in [0.2, 0.25) is 5.88 Å². The van der Waals surface area contributed by atoms with E-state index in [1.54, 1.807) is 13.3 Å². The van der Waals surface area contributed by atoms with E-state index in [0.29, 0.717) is 16.1 Å². The summed E-state index contributed by atoms with van der Waals surface area (Å²) in [5, 5.41) is 0. The predicted octanol–water partition coefficient (Wildman–Crippen LogP) is 3.64. The number of nitrogens with zero attached hydrogens (tertiary/aromatic N) is 2. The van der Waals surface area contributed by atoms with Crippen LogP contribution < -0.4 is 9.47 Å². The van der Waals surface area contributed by atoms with Gasteiger partial charge >= 0.3 is 6.01 Å². The molecular weight excluding hydrogens is 399 g/mol. The van der Waals surface area contributed by atoms with Crippen LogP contribution in [0.25, 0.3) is 0 Å². The summed E-state index contributed by atoms with van der Waals surface area (Å²) in [5.41, 5.74) is 0. The summed E-state index contributed by atoms with van der Waals surface area (Å²) in [4.78, 5) is 8.15. The van der Waals surface area contributed by atoms with Crippen molar-refractivity contribution < 1.29 is 9.47 Å². The van der Waals surface area contributed by atoms with E-state index in [1.807, 2.05) is 24.3 Å². The van der Waals surface area contributed by atoms with E-state index in [9.17, 15) is 0 Å². The molecule has 2 rings (SSSR count). The lowest BCUT2D eigenvalue weighted by Crippen LogP contribution is -1.95. The fourth-order valence-corrected chi connectivity index (χ4v) is 1.85. The summed E-state index contributed by atoms with van der Waals surface area (Å²) in [6.07, 6.45) is 1.59. The highest BCUT2D eigenvalue weighted by Crippen LogP contribution is 2.25. The Labute approximate surface area is 121 Å². The molecule has 1 aromatic heterocycles. The van der Waals surface area contributed by atoms with Crippen molar-refractivity contribution in [2.24, 2.45) is 0 Å². The first kappa shape index (κ1) is 12.6. The summed E-state index contributed by atoms with van der Waals surface area (Å²) in [6, 6.07) is 7.88. The molecule has 6 heteroatoms. The molecule has 0 N–H and O–H groups in total. The number of methoxy groups -OCH3 is 1. The topological polar surface area (TPSA) is 44.2 Å². The fraction of sp³-hybridized carbons (Fsp3) is 0.0909. The molecule has 1 heterocycles. The minimum atomic E-state index is 0.256. The smallest absolute Gasteiger partial charge is 0.325 e. The van der Waals surface area contributed by atoms with Crippen molar-refractivity contribution in [2.45, 2.75) is 0 Å². The third-order valence-electron chi connectivity index (χ3n) is 1.91. The molecule has 0 aliphatic rings. The molecule has 1 aromatic carbocycles. The summed E-state index contributed by atoms with van der Waals surface area (Å²) >= 11 is 5.51. The third-order valence-corrected chi connectivity index (χ3v) is 3.17. The van der Waals surface area contributed by atoms with Gasteiger partial charge < -0.3 is 9.47 Å². The minimum Gasteiger partial charge on any atom is -0.480 e. The Morgan fingerprint density at radius 1 is 1.24 bits per heavy atom. The van der Waals surface area contributed by atoms with Crippen molar-refractivity contribution in [1.82, 2.24) is 9.97 Å². The average Bonchev–Trinajstić information content (AvgIpc) is 2.34. The monoisotopic (exact) mass is 406 g/mol. The Hall–Kier alpha value is -0.890. The number of halogens is 2. The molecule has 17 heavy (non-hydrogen) atoms. The van der Waals surface area contributed by atoms with Gasteiger partial charge in [-0.3, -0.25) is 0 Å². The summed E-state index contributed by atoms with van der Waals surface area (Å²) in [5.74, 6) is 1.13. The average molecular weight is 407 g/mol. The quantitative estimate of drug-likeness (QED) is 0.730. The van der Waals surface area contributed by atoms with E-state index >= 15 is 0 Å². The van der Waals surface area contributed by atoms with Gasteiger partial charge in [0.15, 0.2) is 0 Å². The van der Waals surface area contributed by atoms with Crippen molar-refractivity contribution in [1.29, 1.82) is 0 Å². The number of aromatic nitrogens is 2. The lowest BCUT2D eigenvalue weighted by Gasteiger charge is -2.06. The molecule has 0 saturated heterocycles. The van der Waals surface area contributed by atoms with Crippen molar-refractivity contribution in [3.05, 3.63) is 38.5 Å². The van der Waals surface area contributed by atoms with Gasteiger partial charge in [0.25, 0.3) is 0 Å². The lowest BCUT2D eigenvalue weighted by atomic mass is 10.3. The van der Waals surface area contributed by atoms with Crippen LogP contribution in [0.1, 0.15) is 0 Å². The van der Waals surface area contributed by atoms with Crippen LogP contribution in [0.4, 0.5) is 0 Å². The van der Waals surface area contributed by atoms with Gasteiger partial charge in [0, 0.05) is 3.57 Å². The molecule has 0 aliphatic carbocycles. The first-order chi connectivity index (χ1) is 8.19. The van der Waals surface area contributed by atoms with E-state index in [0.717, 1.165) is 3.57 Å². The van der Waals surface area contributed by atoms with Gasteiger partial charge in [-0.15, -0.1) is 0 Å². The van der Waals surface area contributed by atoms with Crippen LogP contribution in [0.3, 0.4) is 0 Å². The first-order valence-corrected chi connectivity index (χ1v) is 6.56. The van der Waals surface area contributed by atoms with Crippen LogP contribution in [-0.2, 0) is 0 Å². The predicted molar refractivity (Wildman–Crippen MR) is 75.5 cm³/mol. The van der Waals surface area contributed by atoms with Gasteiger partial charge in [-0.1, -0.05) is 0 Å². The molecule has 4 nitrogen and oxygen atoms in total. The standard InChI is InChI=1S/C11H8BrIN2O2/c1-16-10-9(12)6-14-11(15-10)17-8-4-2-7(13)3-5-8/h2-6H,1H3. The first-order valence-electron chi connectivity index (χ1n) is 4.69. The van der Waals surface area contributed by atoms with Gasteiger partial charge in [-0.2, -0.15) is 4.98 Å². The lowest BCUT2D eigenvalue weighted by molar-refractivity contribution is 0.373. The maximum absolute atomic E-state index is 5.50. The number of hydrogen-bond acceptors (Lipinski definition) is 4. The zero-order valence-electron chi connectivity index (χ0n) is 8.85. The highest BCUT2D eigenvalue weighted by molar-refractivity contribution is 14.1. The maximum Gasteiger partial charge on any atom is 0.325 e. The fourth-order valence-electron chi connectivity index (χ4n) is 1.14. The number of rotatable bonds is 3. The molecule has 2 aromatic rings. The van der Waals surface area contributed by atoms with Crippen molar-refractivity contribution in [2.75, 3.05) is 7.11 Å². The van der Waals surface area contributed by atoms with Gasteiger partial charge in [-0.05, 0) is 62.8 Å². The van der Waals surface area contributed by atoms with Crippen LogP contribution in [0, 0.1) is 3.57 Å². The molecule has 88 valence electrons. The van der Waals surface area contributed by atoms with Crippen LogP contribution in [-0.4, -0.2) is 17.1 Å². The Morgan fingerprint density at radius 3 is 2.59 bits per heavy atom. The van der Waals surface area contributed by atoms with Crippen LogP contribution in [0.15, 0.2) is 34.9 Å². The second-order valence-electron chi connectivity index (χ2n) is 3.07. The molecule has 0 radical (unpaired) electrons. The van der Waals surface area contributed by atoms with Crippen LogP contribution >= 0.6 is 38.5 Å². The summed E-state index contributed by atoms with van der Waals surface area (Å²) in [7, 11) is 1.54. The van der Waals surface area contributed by atoms with E-state index in [4.69, 9.17) is 9.47 Å². The maximum atomic E-state index is 5.50. The molecule has 0 fully saturated rings. The van der Waals surface area contributed by atoms with E-state index < -0.39 is 0 Å². The van der Waals surface area contributed by atoms with Crippen molar-refractivity contribution in [3.8, 4) is 17.6 Å². The van der Waals surface area contributed by atoms with E-state index in [1.165, 1.54) is 0 Å². The highest BCUT2D eigenvalue weighted by atomic mass is 127. The van der Waals surface area contributed by atoms with Crippen molar-refractivity contribution in [3.63, 3.8) is 0 Å². The second-order valence-corrected chi connectivity index (χ2v) is 5.17. The van der Waals surface area contributed by atoms with Gasteiger partial charge in [0.1, 0.15) is 5.75 Å². The Balaban J connectivity index is 2.21. The molecule has 0 saturated carbocycles. The number of hydrogen-bond donors (Lipinski definition) is 0. The molecule has 0 amide bonds.